The van der Waals surface area contributed by atoms with E-state index in [-0.39, 0.29) is 30.2 Å². The summed E-state index contributed by atoms with van der Waals surface area (Å²) in [5.41, 5.74) is 2.63. The van der Waals surface area contributed by atoms with Crippen LogP contribution in [-0.2, 0) is 24.3 Å². The molecule has 0 aliphatic rings. The van der Waals surface area contributed by atoms with E-state index in [9.17, 15) is 18.4 Å². The third kappa shape index (κ3) is 5.59. The summed E-state index contributed by atoms with van der Waals surface area (Å²) >= 11 is 0. The van der Waals surface area contributed by atoms with Crippen molar-refractivity contribution in [1.29, 1.82) is 0 Å². The number of fused-ring (bicyclic) bond motifs is 1. The Kier molecular flexibility index (Phi) is 7.20. The number of pyridine rings is 1. The van der Waals surface area contributed by atoms with Crippen LogP contribution in [0.5, 0.6) is 0 Å². The summed E-state index contributed by atoms with van der Waals surface area (Å²) in [6.45, 7) is -2.54. The second-order valence-corrected chi connectivity index (χ2v) is 8.57. The summed E-state index contributed by atoms with van der Waals surface area (Å²) in [4.78, 5) is 37.7. The van der Waals surface area contributed by atoms with Crippen LogP contribution >= 0.6 is 0 Å². The Morgan fingerprint density at radius 1 is 1.11 bits per heavy atom. The van der Waals surface area contributed by atoms with E-state index in [0.29, 0.717) is 17.6 Å². The minimum atomic E-state index is -2.84. The number of alkyl halides is 2. The third-order valence-corrected chi connectivity index (χ3v) is 5.96. The number of hydrogen-bond acceptors (Lipinski definition) is 6. The third-order valence-electron chi connectivity index (χ3n) is 5.96. The zero-order chi connectivity index (χ0) is 26.5. The molecule has 4 heterocycles. The molecule has 194 valence electrons. The lowest BCUT2D eigenvalue weighted by Crippen LogP contribution is -2.34. The summed E-state index contributed by atoms with van der Waals surface area (Å²) < 4.78 is 27.9. The molecule has 4 aromatic heterocycles. The van der Waals surface area contributed by atoms with Crippen molar-refractivity contribution in [3.8, 4) is 11.3 Å². The van der Waals surface area contributed by atoms with Crippen molar-refractivity contribution in [3.05, 3.63) is 95.1 Å². The van der Waals surface area contributed by atoms with Crippen LogP contribution in [0.2, 0.25) is 0 Å². The first-order valence-electron chi connectivity index (χ1n) is 11.9. The van der Waals surface area contributed by atoms with Crippen LogP contribution in [-0.4, -0.2) is 41.8 Å². The molecule has 0 saturated heterocycles. The van der Waals surface area contributed by atoms with Crippen LogP contribution in [0.15, 0.2) is 78.2 Å². The van der Waals surface area contributed by atoms with Crippen molar-refractivity contribution in [2.45, 2.75) is 26.1 Å². The van der Waals surface area contributed by atoms with Gasteiger partial charge in [0.05, 0.1) is 24.6 Å². The second kappa shape index (κ2) is 11.0. The predicted molar refractivity (Wildman–Crippen MR) is 138 cm³/mol. The zero-order valence-electron chi connectivity index (χ0n) is 20.1. The second-order valence-electron chi connectivity index (χ2n) is 8.57. The van der Waals surface area contributed by atoms with E-state index in [1.807, 2.05) is 42.5 Å². The number of nitrogens with one attached hydrogen (secondary N) is 3. The first-order chi connectivity index (χ1) is 18.5. The average molecular weight is 519 g/mol. The molecule has 0 spiro atoms. The first kappa shape index (κ1) is 24.8. The molecular formula is C26H24F2N8O2. The Bertz CT molecular complexity index is 1580. The van der Waals surface area contributed by atoms with Gasteiger partial charge in [-0.15, -0.1) is 0 Å². The van der Waals surface area contributed by atoms with Crippen LogP contribution in [0.4, 0.5) is 14.6 Å². The van der Waals surface area contributed by atoms with Gasteiger partial charge in [0.2, 0.25) is 5.91 Å². The molecule has 38 heavy (non-hydrogen) atoms. The minimum Gasteiger partial charge on any atom is -0.365 e. The number of carbonyl (C=O) groups excluding carboxylic acids is 1. The maximum Gasteiger partial charge on any atom is 0.333 e. The molecule has 0 fully saturated rings. The summed E-state index contributed by atoms with van der Waals surface area (Å²) in [6, 6.07) is 13.4. The fourth-order valence-electron chi connectivity index (χ4n) is 4.06. The number of nitrogens with zero attached hydrogens (tertiary/aromatic N) is 5. The quantitative estimate of drug-likeness (QED) is 0.261. The topological polar surface area (TPSA) is 123 Å². The molecule has 0 radical (unpaired) electrons. The lowest BCUT2D eigenvalue weighted by molar-refractivity contribution is -0.121. The van der Waals surface area contributed by atoms with Gasteiger partial charge in [-0.3, -0.25) is 19.1 Å². The predicted octanol–water partition coefficient (Wildman–Crippen LogP) is 3.35. The molecule has 0 aliphatic carbocycles. The Morgan fingerprint density at radius 2 is 1.95 bits per heavy atom. The lowest BCUT2D eigenvalue weighted by Gasteiger charge is -2.14. The van der Waals surface area contributed by atoms with Crippen LogP contribution in [0, 0.1) is 0 Å². The molecule has 0 saturated carbocycles. The summed E-state index contributed by atoms with van der Waals surface area (Å²) in [6.07, 6.45) is 7.73. The maximum absolute atomic E-state index is 13.3. The molecule has 0 bridgehead atoms. The lowest BCUT2D eigenvalue weighted by atomic mass is 10.1. The summed E-state index contributed by atoms with van der Waals surface area (Å²) in [5, 5.41) is 10.4. The van der Waals surface area contributed by atoms with Crippen molar-refractivity contribution >= 4 is 22.6 Å². The van der Waals surface area contributed by atoms with E-state index in [0.717, 1.165) is 28.4 Å². The maximum atomic E-state index is 13.3. The van der Waals surface area contributed by atoms with E-state index < -0.39 is 18.0 Å². The molecule has 5 rings (SSSR count). The van der Waals surface area contributed by atoms with Crippen molar-refractivity contribution in [2.75, 3.05) is 11.9 Å². The fraction of sp³-hybridized carbons (Fsp3) is 0.192. The van der Waals surface area contributed by atoms with Gasteiger partial charge in [0, 0.05) is 47.3 Å². The smallest absolute Gasteiger partial charge is 0.333 e. The molecular weight excluding hydrogens is 494 g/mol. The van der Waals surface area contributed by atoms with E-state index in [4.69, 9.17) is 0 Å². The highest BCUT2D eigenvalue weighted by molar-refractivity contribution is 5.80. The molecule has 5 aromatic rings. The molecule has 1 aromatic carbocycles. The van der Waals surface area contributed by atoms with E-state index in [2.05, 4.69) is 30.7 Å². The number of benzene rings is 1. The number of aromatic amines is 1. The van der Waals surface area contributed by atoms with Crippen LogP contribution < -0.4 is 16.2 Å². The Morgan fingerprint density at radius 3 is 2.71 bits per heavy atom. The Balaban J connectivity index is 1.35. The number of carbonyl (C=O) groups is 1. The van der Waals surface area contributed by atoms with Crippen LogP contribution in [0.25, 0.3) is 22.2 Å². The number of anilines is 1. The van der Waals surface area contributed by atoms with E-state index in [1.165, 1.54) is 17.0 Å². The summed E-state index contributed by atoms with van der Waals surface area (Å²) in [7, 11) is 0. The SMILES string of the molecule is O=C(Cn1c(-c2cnn(C(F)F)c2)cnc(NCCc2ccccc2)c1=O)NCc1cc2cnccc2[nH]1. The standard InChI is InChI=1S/C26H24F2N8O2/c27-26(28)36-15-19(12-33-36)22-14-32-24(30-9-6-17-4-2-1-3-5-17)25(38)35(22)16-23(37)31-13-20-10-18-11-29-8-7-21(18)34-20/h1-5,7-8,10-12,14-15,26,34H,6,9,13,16H2,(H,30,32)(H,31,37). The van der Waals surface area contributed by atoms with Gasteiger partial charge in [-0.05, 0) is 24.1 Å². The number of halogens is 2. The first-order valence-corrected chi connectivity index (χ1v) is 11.9. The highest BCUT2D eigenvalue weighted by Gasteiger charge is 2.18. The molecule has 0 atom stereocenters. The monoisotopic (exact) mass is 518 g/mol. The van der Waals surface area contributed by atoms with E-state index >= 15 is 0 Å². The average Bonchev–Trinajstić information content (AvgIpc) is 3.58. The number of hydrogen-bond donors (Lipinski definition) is 3. The van der Waals surface area contributed by atoms with Crippen molar-refractivity contribution in [3.63, 3.8) is 0 Å². The molecule has 0 aliphatic heterocycles. The van der Waals surface area contributed by atoms with Gasteiger partial charge in [-0.25, -0.2) is 9.67 Å². The van der Waals surface area contributed by atoms with Gasteiger partial charge in [-0.2, -0.15) is 13.9 Å². The number of rotatable bonds is 10. The fourth-order valence-corrected chi connectivity index (χ4v) is 4.06. The Hall–Kier alpha value is -4.87. The zero-order valence-corrected chi connectivity index (χ0v) is 20.1. The van der Waals surface area contributed by atoms with Crippen LogP contribution in [0.3, 0.4) is 0 Å². The Labute approximate surface area is 215 Å². The van der Waals surface area contributed by atoms with Crippen molar-refractivity contribution in [1.82, 2.24) is 34.6 Å². The van der Waals surface area contributed by atoms with Gasteiger partial charge >= 0.3 is 6.55 Å². The number of H-pyrrole nitrogens is 1. The van der Waals surface area contributed by atoms with Crippen molar-refractivity contribution in [2.24, 2.45) is 0 Å². The highest BCUT2D eigenvalue weighted by atomic mass is 19.3. The minimum absolute atomic E-state index is 0.0573. The van der Waals surface area contributed by atoms with Gasteiger partial charge in [0.25, 0.3) is 5.56 Å². The van der Waals surface area contributed by atoms with Crippen LogP contribution in [0.1, 0.15) is 17.8 Å². The molecule has 10 nitrogen and oxygen atoms in total. The molecule has 1 amide bonds. The van der Waals surface area contributed by atoms with Gasteiger partial charge in [0.1, 0.15) is 6.54 Å². The molecule has 3 N–H and O–H groups in total. The number of amides is 1. The molecule has 12 heteroatoms. The van der Waals surface area contributed by atoms with Gasteiger partial charge < -0.3 is 15.6 Å². The van der Waals surface area contributed by atoms with Gasteiger partial charge in [-0.1, -0.05) is 30.3 Å². The summed E-state index contributed by atoms with van der Waals surface area (Å²) in [5.74, 6) is -0.380. The van der Waals surface area contributed by atoms with E-state index in [1.54, 1.807) is 12.4 Å². The largest absolute Gasteiger partial charge is 0.365 e. The highest BCUT2D eigenvalue weighted by Crippen LogP contribution is 2.20. The normalized spacial score (nSPS) is 11.2. The number of aromatic nitrogens is 6. The molecule has 0 unspecified atom stereocenters. The van der Waals surface area contributed by atoms with Gasteiger partial charge in [0.15, 0.2) is 5.82 Å². The van der Waals surface area contributed by atoms with Crippen molar-refractivity contribution < 1.29 is 13.6 Å².